The molecule has 1 atom stereocenters. The van der Waals surface area contributed by atoms with Crippen molar-refractivity contribution in [3.05, 3.63) is 51.1 Å². The number of thioether (sulfide) groups is 1. The predicted molar refractivity (Wildman–Crippen MR) is 115 cm³/mol. The minimum Gasteiger partial charge on any atom is -0.324 e. The monoisotopic (exact) mass is 433 g/mol. The summed E-state index contributed by atoms with van der Waals surface area (Å²) in [5.74, 6) is -0.216. The molecule has 1 N–H and O–H groups in total. The highest BCUT2D eigenvalue weighted by atomic mass is 35.5. The number of rotatable bonds is 4. The fraction of sp³-hybridized carbons (Fsp3) is 0.381. The van der Waals surface area contributed by atoms with Gasteiger partial charge in [-0.1, -0.05) is 53.9 Å². The third-order valence-corrected chi connectivity index (χ3v) is 6.67. The Morgan fingerprint density at radius 2 is 2.00 bits per heavy atom. The predicted octanol–water partition coefficient (Wildman–Crippen LogP) is 6.04. The van der Waals surface area contributed by atoms with Crippen LogP contribution in [0.4, 0.5) is 5.69 Å². The minimum absolute atomic E-state index is 0.216. The average Bonchev–Trinajstić information content (AvgIpc) is 2.66. The maximum Gasteiger partial charge on any atom is 0.237 e. The molecule has 0 bridgehead atoms. The smallest absolute Gasteiger partial charge is 0.237 e. The second-order valence-corrected chi connectivity index (χ2v) is 8.94. The second kappa shape index (κ2) is 9.65. The molecule has 3 rings (SSSR count). The molecule has 28 heavy (non-hydrogen) atoms. The van der Waals surface area contributed by atoms with E-state index in [1.807, 2.05) is 6.07 Å². The van der Waals surface area contributed by atoms with Crippen molar-refractivity contribution in [3.8, 4) is 6.07 Å². The van der Waals surface area contributed by atoms with Crippen LogP contribution in [0.15, 0.2) is 29.3 Å². The van der Waals surface area contributed by atoms with E-state index in [2.05, 4.69) is 11.4 Å². The highest BCUT2D eigenvalue weighted by Gasteiger charge is 2.21. The van der Waals surface area contributed by atoms with E-state index in [0.29, 0.717) is 26.3 Å². The molecule has 1 heterocycles. The number of hydrogen-bond acceptors (Lipinski definition) is 4. The summed E-state index contributed by atoms with van der Waals surface area (Å²) in [5, 5.41) is 13.2. The molecule has 1 aliphatic carbocycles. The molecule has 0 spiro atoms. The van der Waals surface area contributed by atoms with E-state index in [0.717, 1.165) is 31.4 Å². The number of fused-ring (bicyclic) bond motifs is 1. The molecule has 0 saturated carbocycles. The quantitative estimate of drug-likeness (QED) is 0.596. The van der Waals surface area contributed by atoms with Gasteiger partial charge in [-0.2, -0.15) is 5.26 Å². The summed E-state index contributed by atoms with van der Waals surface area (Å²) in [6.45, 7) is 1.79. The first-order valence-corrected chi connectivity index (χ1v) is 11.0. The van der Waals surface area contributed by atoms with Gasteiger partial charge in [0.2, 0.25) is 5.91 Å². The van der Waals surface area contributed by atoms with Crippen molar-refractivity contribution in [2.24, 2.45) is 0 Å². The van der Waals surface area contributed by atoms with Crippen LogP contribution in [-0.2, 0) is 17.6 Å². The summed E-state index contributed by atoms with van der Waals surface area (Å²) in [4.78, 5) is 17.4. The lowest BCUT2D eigenvalue weighted by Crippen LogP contribution is -2.23. The van der Waals surface area contributed by atoms with E-state index < -0.39 is 5.25 Å². The van der Waals surface area contributed by atoms with Crippen LogP contribution in [0, 0.1) is 11.3 Å². The van der Waals surface area contributed by atoms with Crippen LogP contribution in [0.25, 0.3) is 0 Å². The van der Waals surface area contributed by atoms with Gasteiger partial charge in [0.05, 0.1) is 26.5 Å². The molecule has 1 amide bonds. The van der Waals surface area contributed by atoms with Gasteiger partial charge in [0.15, 0.2) is 0 Å². The zero-order valence-corrected chi connectivity index (χ0v) is 17.9. The van der Waals surface area contributed by atoms with Crippen LogP contribution < -0.4 is 5.32 Å². The van der Waals surface area contributed by atoms with E-state index in [1.165, 1.54) is 30.2 Å². The van der Waals surface area contributed by atoms with E-state index in [9.17, 15) is 10.1 Å². The van der Waals surface area contributed by atoms with Crippen LogP contribution in [0.1, 0.15) is 49.4 Å². The number of nitrogens with zero attached hydrogens (tertiary/aromatic N) is 2. The maximum absolute atomic E-state index is 12.6. The molecule has 0 radical (unpaired) electrons. The van der Waals surface area contributed by atoms with Gasteiger partial charge >= 0.3 is 0 Å². The number of carbonyl (C=O) groups excluding carboxylic acids is 1. The number of amides is 1. The number of anilines is 1. The van der Waals surface area contributed by atoms with Gasteiger partial charge in [-0.05, 0) is 56.4 Å². The summed E-state index contributed by atoms with van der Waals surface area (Å²) in [6, 6.07) is 9.29. The van der Waals surface area contributed by atoms with Crippen molar-refractivity contribution in [2.75, 3.05) is 5.32 Å². The van der Waals surface area contributed by atoms with Gasteiger partial charge in [0.1, 0.15) is 11.1 Å². The highest BCUT2D eigenvalue weighted by molar-refractivity contribution is 8.00. The number of nitrogens with one attached hydrogen (secondary N) is 1. The van der Waals surface area contributed by atoms with Gasteiger partial charge in [0, 0.05) is 5.69 Å². The molecule has 4 nitrogen and oxygen atoms in total. The van der Waals surface area contributed by atoms with Gasteiger partial charge in [-0.3, -0.25) is 4.79 Å². The Balaban J connectivity index is 1.78. The Morgan fingerprint density at radius 1 is 1.25 bits per heavy atom. The van der Waals surface area contributed by atoms with Crippen molar-refractivity contribution in [3.63, 3.8) is 0 Å². The summed E-state index contributed by atoms with van der Waals surface area (Å²) < 4.78 is 0. The number of benzene rings is 1. The normalized spacial score (nSPS) is 14.9. The Morgan fingerprint density at radius 3 is 2.75 bits per heavy atom. The molecule has 0 fully saturated rings. The molecule has 0 saturated heterocycles. The first-order valence-electron chi connectivity index (χ1n) is 9.34. The SMILES string of the molecule is CC(Sc1nc2c(cc1C#N)CCCCCC2)C(=O)Nc1cccc(Cl)c1Cl. The highest BCUT2D eigenvalue weighted by Crippen LogP contribution is 2.32. The molecule has 1 unspecified atom stereocenters. The first-order chi connectivity index (χ1) is 13.5. The van der Waals surface area contributed by atoms with E-state index >= 15 is 0 Å². The van der Waals surface area contributed by atoms with Gasteiger partial charge in [-0.15, -0.1) is 0 Å². The molecule has 1 aliphatic rings. The lowest BCUT2D eigenvalue weighted by molar-refractivity contribution is -0.115. The van der Waals surface area contributed by atoms with Gasteiger partial charge in [-0.25, -0.2) is 4.98 Å². The van der Waals surface area contributed by atoms with Crippen molar-refractivity contribution in [1.29, 1.82) is 5.26 Å². The zero-order valence-electron chi connectivity index (χ0n) is 15.6. The Bertz CT molecular complexity index is 927. The molecular weight excluding hydrogens is 413 g/mol. The Labute approximate surface area is 179 Å². The van der Waals surface area contributed by atoms with E-state index in [-0.39, 0.29) is 5.91 Å². The van der Waals surface area contributed by atoms with Crippen LogP contribution in [0.5, 0.6) is 0 Å². The number of halogens is 2. The van der Waals surface area contributed by atoms with E-state index in [4.69, 9.17) is 28.2 Å². The Hall–Kier alpha value is -1.74. The lowest BCUT2D eigenvalue weighted by atomic mass is 9.96. The summed E-state index contributed by atoms with van der Waals surface area (Å²) in [6.07, 6.45) is 6.56. The van der Waals surface area contributed by atoms with Crippen molar-refractivity contribution < 1.29 is 4.79 Å². The van der Waals surface area contributed by atoms with Crippen LogP contribution in [-0.4, -0.2) is 16.1 Å². The standard InChI is InChI=1S/C21H21Cl2N3OS/c1-13(20(27)25-18-10-6-8-16(22)19(18)23)28-21-15(12-24)11-14-7-4-2-3-5-9-17(14)26-21/h6,8,10-11,13H,2-5,7,9H2,1H3,(H,25,27). The van der Waals surface area contributed by atoms with Crippen LogP contribution in [0.3, 0.4) is 0 Å². The number of pyridine rings is 1. The summed E-state index contributed by atoms with van der Waals surface area (Å²) in [7, 11) is 0. The minimum atomic E-state index is -0.443. The molecule has 1 aromatic heterocycles. The number of aromatic nitrogens is 1. The van der Waals surface area contributed by atoms with Crippen molar-refractivity contribution in [2.45, 2.75) is 55.7 Å². The Kier molecular flexibility index (Phi) is 7.23. The number of nitriles is 1. The second-order valence-electron chi connectivity index (χ2n) is 6.82. The molecule has 0 aliphatic heterocycles. The van der Waals surface area contributed by atoms with Crippen molar-refractivity contribution in [1.82, 2.24) is 4.98 Å². The summed E-state index contributed by atoms with van der Waals surface area (Å²) >= 11 is 13.4. The summed E-state index contributed by atoms with van der Waals surface area (Å²) in [5.41, 5.74) is 3.23. The van der Waals surface area contributed by atoms with Gasteiger partial charge in [0.25, 0.3) is 0 Å². The number of hydrogen-bond donors (Lipinski definition) is 1. The molecule has 1 aromatic carbocycles. The topological polar surface area (TPSA) is 65.8 Å². The van der Waals surface area contributed by atoms with E-state index in [1.54, 1.807) is 25.1 Å². The fourth-order valence-electron chi connectivity index (χ4n) is 3.19. The van der Waals surface area contributed by atoms with Crippen LogP contribution in [0.2, 0.25) is 10.0 Å². The molecule has 7 heteroatoms. The van der Waals surface area contributed by atoms with Gasteiger partial charge < -0.3 is 5.32 Å². The average molecular weight is 434 g/mol. The van der Waals surface area contributed by atoms with Crippen molar-refractivity contribution >= 4 is 46.6 Å². The number of carbonyl (C=O) groups is 1. The number of aryl methyl sites for hydroxylation is 2. The lowest BCUT2D eigenvalue weighted by Gasteiger charge is -2.17. The molecule has 146 valence electrons. The third kappa shape index (κ3) is 5.00. The van der Waals surface area contributed by atoms with Crippen LogP contribution >= 0.6 is 35.0 Å². The third-order valence-electron chi connectivity index (χ3n) is 4.75. The maximum atomic E-state index is 12.6. The molecule has 2 aromatic rings. The fourth-order valence-corrected chi connectivity index (χ4v) is 4.44. The zero-order chi connectivity index (χ0) is 20.1. The largest absolute Gasteiger partial charge is 0.324 e. The first kappa shape index (κ1) is 21.0. The molecular formula is C21H21Cl2N3OS.